The van der Waals surface area contributed by atoms with Crippen molar-refractivity contribution in [1.29, 1.82) is 0 Å². The van der Waals surface area contributed by atoms with Crippen molar-refractivity contribution in [2.45, 2.75) is 84.6 Å². The number of benzene rings is 4. The number of carbonyl (C=O) groups is 1. The molecule has 0 saturated carbocycles. The van der Waals surface area contributed by atoms with Crippen molar-refractivity contribution in [3.8, 4) is 56.8 Å². The topological polar surface area (TPSA) is 231 Å². The quantitative estimate of drug-likeness (QED) is 0.0238. The Kier molecular flexibility index (Phi) is 19.2. The van der Waals surface area contributed by atoms with E-state index in [-0.39, 0.29) is 65.6 Å². The highest BCUT2D eigenvalue weighted by Gasteiger charge is 2.22. The summed E-state index contributed by atoms with van der Waals surface area (Å²) >= 11 is 13.8. The highest BCUT2D eigenvalue weighted by Crippen LogP contribution is 2.38. The summed E-state index contributed by atoms with van der Waals surface area (Å²) in [5.74, 6) is 1.82. The van der Waals surface area contributed by atoms with Crippen LogP contribution in [-0.4, -0.2) is 73.1 Å². The number of halogens is 2. The summed E-state index contributed by atoms with van der Waals surface area (Å²) in [5.41, 5.74) is 10.1. The highest BCUT2D eigenvalue weighted by atomic mass is 35.5. The van der Waals surface area contributed by atoms with Gasteiger partial charge >= 0.3 is 5.97 Å². The molecule has 0 bridgehead atoms. The van der Waals surface area contributed by atoms with Crippen LogP contribution < -0.4 is 29.6 Å². The number of ether oxygens (including phenoxy) is 4. The first-order chi connectivity index (χ1) is 36.9. The second kappa shape index (κ2) is 26.5. The molecule has 18 heteroatoms. The Morgan fingerprint density at radius 2 is 1.05 bits per heavy atom. The number of aromatic nitrogens is 2. The van der Waals surface area contributed by atoms with Crippen LogP contribution in [0.1, 0.15) is 57.3 Å². The first kappa shape index (κ1) is 55.0. The molecule has 4 aromatic carbocycles. The van der Waals surface area contributed by atoms with Gasteiger partial charge in [0, 0.05) is 96.6 Å². The van der Waals surface area contributed by atoms with Crippen molar-refractivity contribution in [3.05, 3.63) is 189 Å². The van der Waals surface area contributed by atoms with Crippen molar-refractivity contribution in [1.82, 2.24) is 20.6 Å². The molecule has 0 spiro atoms. The van der Waals surface area contributed by atoms with E-state index in [1.54, 1.807) is 73.7 Å². The van der Waals surface area contributed by atoms with Gasteiger partial charge in [-0.1, -0.05) is 59.6 Å². The predicted octanol–water partition coefficient (Wildman–Crippen LogP) is 9.98. The summed E-state index contributed by atoms with van der Waals surface area (Å²) in [6.07, 6.45) is 8.40. The molecule has 0 saturated heterocycles. The first-order valence-corrected chi connectivity index (χ1v) is 25.2. The number of hydrogen-bond donors (Lipinski definition) is 7. The Bertz CT molecular complexity index is 3190. The molecule has 7 N–H and O–H groups in total. The molecular formula is C58H58Cl2N4O12. The van der Waals surface area contributed by atoms with Gasteiger partial charge in [-0.05, 0) is 109 Å². The lowest BCUT2D eigenvalue weighted by molar-refractivity contribution is -0.140. The standard InChI is InChI=1S/C58H58Cl2N4O12/c1-35-39(33-75-55-23-53(43(21-47(55)59)29-63-49(13-15-65)57(67)68)73-31-37-19-41(27-61-25-37)51-11-5-17-71-51)7-3-9-45(35)46-10-4-8-40(36(46)2)34-76-56-24-54(44(22-48(56)60)30-64-50(14-16-66)58(69)70)74-32-38-20-42(28-62-26-38)52-12-6-18-72-52/h3-12,17-28,49-50,57,63-68H,13-16,29-34H2,1-2H3,(H,69,70)/t49-,50+/m0/s1. The Hall–Kier alpha value is -7.25. The van der Waals surface area contributed by atoms with Gasteiger partial charge in [0.05, 0.1) is 28.6 Å². The van der Waals surface area contributed by atoms with Crippen LogP contribution in [0.25, 0.3) is 33.8 Å². The first-order valence-electron chi connectivity index (χ1n) is 24.4. The van der Waals surface area contributed by atoms with Crippen molar-refractivity contribution >= 4 is 29.2 Å². The maximum atomic E-state index is 11.9. The van der Waals surface area contributed by atoms with Crippen LogP contribution in [0.15, 0.2) is 143 Å². The SMILES string of the molecule is Cc1c(COc2cc(OCc3cncc(-c4ccco4)c3)c(CN[C@@H](CCO)C(O)O)cc2Cl)cccc1-c1cccc(COc2cc(OCc3cncc(-c4ccco4)c3)c(CN[C@H](CCO)C(=O)O)cc2Cl)c1C. The highest BCUT2D eigenvalue weighted by molar-refractivity contribution is 6.32. The molecule has 4 aromatic heterocycles. The van der Waals surface area contributed by atoms with Crippen LogP contribution in [0.2, 0.25) is 10.0 Å². The molecule has 0 aliphatic heterocycles. The van der Waals surface area contributed by atoms with Gasteiger partial charge in [0.1, 0.15) is 67.0 Å². The van der Waals surface area contributed by atoms with Crippen LogP contribution >= 0.6 is 23.2 Å². The number of rotatable bonds is 27. The maximum absolute atomic E-state index is 11.9. The fourth-order valence-electron chi connectivity index (χ4n) is 8.51. The van der Waals surface area contributed by atoms with Gasteiger partial charge in [0.15, 0.2) is 6.29 Å². The zero-order chi connectivity index (χ0) is 53.6. The third kappa shape index (κ3) is 14.2. The summed E-state index contributed by atoms with van der Waals surface area (Å²) in [5, 5.41) is 55.3. The number of aliphatic hydroxyl groups excluding tert-OH is 3. The van der Waals surface area contributed by atoms with Gasteiger partial charge in [-0.2, -0.15) is 0 Å². The second-order valence-corrected chi connectivity index (χ2v) is 18.7. The third-order valence-corrected chi connectivity index (χ3v) is 13.4. The number of nitrogens with zero attached hydrogens (tertiary/aromatic N) is 2. The lowest BCUT2D eigenvalue weighted by atomic mass is 9.92. The molecule has 0 aliphatic carbocycles. The van der Waals surface area contributed by atoms with Gasteiger partial charge in [-0.25, -0.2) is 0 Å². The maximum Gasteiger partial charge on any atom is 0.320 e. The largest absolute Gasteiger partial charge is 0.488 e. The van der Waals surface area contributed by atoms with E-state index < -0.39 is 24.3 Å². The van der Waals surface area contributed by atoms with Gasteiger partial charge in [-0.15, -0.1) is 0 Å². The van der Waals surface area contributed by atoms with Gasteiger partial charge in [-0.3, -0.25) is 14.8 Å². The molecule has 2 atom stereocenters. The molecule has 0 radical (unpaired) electrons. The molecule has 0 amide bonds. The van der Waals surface area contributed by atoms with Crippen LogP contribution in [-0.2, 0) is 44.3 Å². The molecule has 396 valence electrons. The summed E-state index contributed by atoms with van der Waals surface area (Å²) in [6, 6.07) is 28.2. The van der Waals surface area contributed by atoms with E-state index in [1.807, 2.05) is 62.4 Å². The number of aliphatic hydroxyl groups is 4. The summed E-state index contributed by atoms with van der Waals surface area (Å²) in [7, 11) is 0. The minimum absolute atomic E-state index is 0.0143. The van der Waals surface area contributed by atoms with Crippen LogP contribution in [0.4, 0.5) is 0 Å². The number of pyridine rings is 2. The summed E-state index contributed by atoms with van der Waals surface area (Å²) in [6.45, 7) is 4.34. The summed E-state index contributed by atoms with van der Waals surface area (Å²) < 4.78 is 36.7. The number of aliphatic carboxylic acids is 1. The number of nitrogens with one attached hydrogen (secondary N) is 2. The Morgan fingerprint density at radius 1 is 0.579 bits per heavy atom. The van der Waals surface area contributed by atoms with E-state index in [9.17, 15) is 30.3 Å². The molecule has 76 heavy (non-hydrogen) atoms. The smallest absolute Gasteiger partial charge is 0.320 e. The van der Waals surface area contributed by atoms with Gasteiger partial charge < -0.3 is 63.9 Å². The van der Waals surface area contributed by atoms with Crippen molar-refractivity contribution in [3.63, 3.8) is 0 Å². The molecule has 8 aromatic rings. The fraction of sp³-hybridized carbons (Fsp3) is 0.259. The predicted molar refractivity (Wildman–Crippen MR) is 286 cm³/mol. The van der Waals surface area contributed by atoms with Gasteiger partial charge in [0.25, 0.3) is 0 Å². The Balaban J connectivity index is 0.991. The molecule has 16 nitrogen and oxygen atoms in total. The Morgan fingerprint density at radius 3 is 1.49 bits per heavy atom. The van der Waals surface area contributed by atoms with Gasteiger partial charge in [0.2, 0.25) is 0 Å². The minimum atomic E-state index is -1.70. The minimum Gasteiger partial charge on any atom is -0.488 e. The average molecular weight is 1070 g/mol. The number of carboxylic acid groups (broad SMARTS) is 1. The molecular weight excluding hydrogens is 1020 g/mol. The van der Waals surface area contributed by atoms with E-state index in [0.717, 1.165) is 55.6 Å². The monoisotopic (exact) mass is 1070 g/mol. The molecule has 8 rings (SSSR count). The average Bonchev–Trinajstić information content (AvgIpc) is 4.18. The van der Waals surface area contributed by atoms with Crippen LogP contribution in [0.3, 0.4) is 0 Å². The zero-order valence-electron chi connectivity index (χ0n) is 41.7. The Labute approximate surface area is 449 Å². The zero-order valence-corrected chi connectivity index (χ0v) is 43.3. The number of carboxylic acids is 1. The number of furan rings is 2. The van der Waals surface area contributed by atoms with E-state index in [4.69, 9.17) is 51.0 Å². The van der Waals surface area contributed by atoms with E-state index in [2.05, 4.69) is 32.7 Å². The lowest BCUT2D eigenvalue weighted by Gasteiger charge is -2.21. The third-order valence-electron chi connectivity index (χ3n) is 12.8. The van der Waals surface area contributed by atoms with Crippen LogP contribution in [0.5, 0.6) is 23.0 Å². The normalized spacial score (nSPS) is 12.2. The van der Waals surface area contributed by atoms with Crippen molar-refractivity contribution in [2.24, 2.45) is 0 Å². The molecule has 0 unspecified atom stereocenters. The fourth-order valence-corrected chi connectivity index (χ4v) is 9.00. The van der Waals surface area contributed by atoms with E-state index in [0.29, 0.717) is 55.7 Å². The van der Waals surface area contributed by atoms with Crippen molar-refractivity contribution in [2.75, 3.05) is 13.2 Å². The van der Waals surface area contributed by atoms with Crippen molar-refractivity contribution < 1.29 is 58.1 Å². The molecule has 0 aliphatic rings. The number of hydrogen-bond acceptors (Lipinski definition) is 15. The molecule has 0 fully saturated rings. The van der Waals surface area contributed by atoms with E-state index in [1.165, 1.54) is 0 Å². The molecule has 4 heterocycles. The summed E-state index contributed by atoms with van der Waals surface area (Å²) in [4.78, 5) is 20.6. The second-order valence-electron chi connectivity index (χ2n) is 17.9. The lowest BCUT2D eigenvalue weighted by Crippen LogP contribution is -2.40. The van der Waals surface area contributed by atoms with Crippen LogP contribution in [0, 0.1) is 13.8 Å². The van der Waals surface area contributed by atoms with E-state index >= 15 is 0 Å².